The molecule has 0 amide bonds. The normalized spacial score (nSPS) is 12.4. The number of halogens is 1. The highest BCUT2D eigenvalue weighted by atomic mass is 35.5. The second kappa shape index (κ2) is 6.20. The highest BCUT2D eigenvalue weighted by molar-refractivity contribution is 7.09. The second-order valence-corrected chi connectivity index (χ2v) is 5.36. The van der Waals surface area contributed by atoms with Gasteiger partial charge in [-0.1, -0.05) is 23.7 Å². The van der Waals surface area contributed by atoms with E-state index in [9.17, 15) is 0 Å². The molecule has 0 aliphatic carbocycles. The number of methoxy groups -OCH3 is 1. The van der Waals surface area contributed by atoms with Gasteiger partial charge in [-0.2, -0.15) is 0 Å². The Bertz CT molecular complexity index is 502. The third kappa shape index (κ3) is 3.03. The van der Waals surface area contributed by atoms with Crippen LogP contribution < -0.4 is 16.0 Å². The van der Waals surface area contributed by atoms with E-state index in [4.69, 9.17) is 22.2 Å². The quantitative estimate of drug-likeness (QED) is 0.654. The predicted octanol–water partition coefficient (Wildman–Crippen LogP) is 3.16. The Kier molecular flexibility index (Phi) is 4.60. The molecule has 0 aliphatic heterocycles. The molecule has 1 aromatic carbocycles. The Morgan fingerprint density at radius 1 is 1.44 bits per heavy atom. The van der Waals surface area contributed by atoms with E-state index in [2.05, 4.69) is 16.9 Å². The zero-order valence-electron chi connectivity index (χ0n) is 10.0. The molecule has 2 rings (SSSR count). The van der Waals surface area contributed by atoms with Crippen LogP contribution >= 0.6 is 22.9 Å². The maximum absolute atomic E-state index is 5.96. The summed E-state index contributed by atoms with van der Waals surface area (Å²) >= 11 is 7.67. The highest BCUT2D eigenvalue weighted by Gasteiger charge is 2.16. The Hall–Kier alpha value is -1.07. The van der Waals surface area contributed by atoms with Crippen LogP contribution in [-0.4, -0.2) is 7.11 Å². The number of nitrogens with two attached hydrogens (primary N) is 1. The van der Waals surface area contributed by atoms with Crippen LogP contribution in [0.5, 0.6) is 5.75 Å². The topological polar surface area (TPSA) is 47.3 Å². The van der Waals surface area contributed by atoms with Crippen LogP contribution in [0.3, 0.4) is 0 Å². The predicted molar refractivity (Wildman–Crippen MR) is 76.1 cm³/mol. The van der Waals surface area contributed by atoms with Crippen LogP contribution in [0.4, 0.5) is 0 Å². The van der Waals surface area contributed by atoms with Crippen molar-refractivity contribution in [3.05, 3.63) is 51.2 Å². The molecule has 2 aromatic rings. The number of hydrazine groups is 1. The minimum Gasteiger partial charge on any atom is -0.496 e. The molecule has 96 valence electrons. The highest BCUT2D eigenvalue weighted by Crippen LogP contribution is 2.30. The van der Waals surface area contributed by atoms with E-state index >= 15 is 0 Å². The van der Waals surface area contributed by atoms with Gasteiger partial charge in [0.2, 0.25) is 0 Å². The second-order valence-electron chi connectivity index (χ2n) is 3.89. The van der Waals surface area contributed by atoms with Crippen LogP contribution in [0.2, 0.25) is 5.02 Å². The molecule has 0 aliphatic rings. The van der Waals surface area contributed by atoms with E-state index in [0.717, 1.165) is 17.7 Å². The minimum atomic E-state index is 0.0101. The fourth-order valence-electron chi connectivity index (χ4n) is 1.86. The Morgan fingerprint density at radius 3 is 2.89 bits per heavy atom. The SMILES string of the molecule is COc1cc(Cl)ccc1C(Cc1cccs1)NN. The lowest BCUT2D eigenvalue weighted by Gasteiger charge is -2.18. The van der Waals surface area contributed by atoms with Gasteiger partial charge >= 0.3 is 0 Å². The summed E-state index contributed by atoms with van der Waals surface area (Å²) in [7, 11) is 1.63. The first-order chi connectivity index (χ1) is 8.74. The zero-order valence-corrected chi connectivity index (χ0v) is 11.6. The summed E-state index contributed by atoms with van der Waals surface area (Å²) in [6, 6.07) is 9.73. The molecule has 0 spiro atoms. The van der Waals surface area contributed by atoms with Gasteiger partial charge in [0.05, 0.1) is 13.2 Å². The Balaban J connectivity index is 2.26. The first-order valence-corrected chi connectivity index (χ1v) is 6.82. The van der Waals surface area contributed by atoms with Crippen LogP contribution in [0, 0.1) is 0 Å². The molecule has 1 atom stereocenters. The summed E-state index contributed by atoms with van der Waals surface area (Å²) in [6.45, 7) is 0. The van der Waals surface area contributed by atoms with Crippen LogP contribution in [0.25, 0.3) is 0 Å². The molecule has 3 nitrogen and oxygen atoms in total. The molecule has 1 heterocycles. The summed E-state index contributed by atoms with van der Waals surface area (Å²) < 4.78 is 5.35. The van der Waals surface area contributed by atoms with Gasteiger partial charge in [0.1, 0.15) is 5.75 Å². The van der Waals surface area contributed by atoms with Gasteiger partial charge in [0.25, 0.3) is 0 Å². The number of nitrogens with one attached hydrogen (secondary N) is 1. The van der Waals surface area contributed by atoms with E-state index in [1.165, 1.54) is 4.88 Å². The van der Waals surface area contributed by atoms with E-state index in [0.29, 0.717) is 5.02 Å². The average molecular weight is 283 g/mol. The molecule has 0 radical (unpaired) electrons. The van der Waals surface area contributed by atoms with Gasteiger partial charge in [-0.3, -0.25) is 11.3 Å². The van der Waals surface area contributed by atoms with Crippen molar-refractivity contribution in [1.29, 1.82) is 0 Å². The van der Waals surface area contributed by atoms with Gasteiger partial charge < -0.3 is 4.74 Å². The molecular formula is C13H15ClN2OS. The van der Waals surface area contributed by atoms with E-state index in [-0.39, 0.29) is 6.04 Å². The fourth-order valence-corrected chi connectivity index (χ4v) is 2.78. The monoisotopic (exact) mass is 282 g/mol. The summed E-state index contributed by atoms with van der Waals surface area (Å²) in [6.07, 6.45) is 0.826. The van der Waals surface area contributed by atoms with Crippen molar-refractivity contribution in [3.63, 3.8) is 0 Å². The molecule has 5 heteroatoms. The Labute approximate surface area is 116 Å². The summed E-state index contributed by atoms with van der Waals surface area (Å²) in [5.41, 5.74) is 3.85. The maximum atomic E-state index is 5.96. The van der Waals surface area contributed by atoms with Crippen molar-refractivity contribution >= 4 is 22.9 Å². The number of ether oxygens (including phenoxy) is 1. The molecular weight excluding hydrogens is 268 g/mol. The summed E-state index contributed by atoms with van der Waals surface area (Å²) in [5.74, 6) is 6.40. The van der Waals surface area contributed by atoms with Crippen LogP contribution in [-0.2, 0) is 6.42 Å². The molecule has 3 N–H and O–H groups in total. The lowest BCUT2D eigenvalue weighted by Crippen LogP contribution is -2.29. The average Bonchev–Trinajstić information content (AvgIpc) is 2.89. The van der Waals surface area contributed by atoms with Gasteiger partial charge in [0, 0.05) is 21.9 Å². The first-order valence-electron chi connectivity index (χ1n) is 5.56. The molecule has 0 fully saturated rings. The molecule has 0 saturated carbocycles. The van der Waals surface area contributed by atoms with E-state index in [1.807, 2.05) is 18.2 Å². The third-order valence-electron chi connectivity index (χ3n) is 2.76. The zero-order chi connectivity index (χ0) is 13.0. The van der Waals surface area contributed by atoms with Gasteiger partial charge in [-0.15, -0.1) is 11.3 Å². The standard InChI is InChI=1S/C13H15ClN2OS/c1-17-13-7-9(14)4-5-11(13)12(16-15)8-10-3-2-6-18-10/h2-7,12,16H,8,15H2,1H3. The van der Waals surface area contributed by atoms with Crippen molar-refractivity contribution in [1.82, 2.24) is 5.43 Å². The molecule has 1 aromatic heterocycles. The summed E-state index contributed by atoms with van der Waals surface area (Å²) in [5, 5.41) is 2.71. The number of hydrogen-bond donors (Lipinski definition) is 2. The largest absolute Gasteiger partial charge is 0.496 e. The van der Waals surface area contributed by atoms with Crippen molar-refractivity contribution < 1.29 is 4.74 Å². The van der Waals surface area contributed by atoms with Crippen molar-refractivity contribution in [3.8, 4) is 5.75 Å². The van der Waals surface area contributed by atoms with Gasteiger partial charge in [-0.25, -0.2) is 0 Å². The van der Waals surface area contributed by atoms with Crippen molar-refractivity contribution in [2.24, 2.45) is 5.84 Å². The van der Waals surface area contributed by atoms with Crippen molar-refractivity contribution in [2.75, 3.05) is 7.11 Å². The molecule has 18 heavy (non-hydrogen) atoms. The Morgan fingerprint density at radius 2 is 2.28 bits per heavy atom. The van der Waals surface area contributed by atoms with Gasteiger partial charge in [-0.05, 0) is 23.6 Å². The first kappa shape index (κ1) is 13.4. The molecule has 1 unspecified atom stereocenters. The lowest BCUT2D eigenvalue weighted by molar-refractivity contribution is 0.399. The number of rotatable bonds is 5. The van der Waals surface area contributed by atoms with Crippen LogP contribution in [0.1, 0.15) is 16.5 Å². The summed E-state index contributed by atoms with van der Waals surface area (Å²) in [4.78, 5) is 1.27. The maximum Gasteiger partial charge on any atom is 0.125 e. The van der Waals surface area contributed by atoms with E-state index in [1.54, 1.807) is 24.5 Å². The van der Waals surface area contributed by atoms with Crippen molar-refractivity contribution in [2.45, 2.75) is 12.5 Å². The smallest absolute Gasteiger partial charge is 0.125 e. The fraction of sp³-hybridized carbons (Fsp3) is 0.231. The number of benzene rings is 1. The number of thiophene rings is 1. The third-order valence-corrected chi connectivity index (χ3v) is 3.89. The van der Waals surface area contributed by atoms with Gasteiger partial charge in [0.15, 0.2) is 0 Å². The van der Waals surface area contributed by atoms with Crippen LogP contribution in [0.15, 0.2) is 35.7 Å². The molecule has 0 bridgehead atoms. The lowest BCUT2D eigenvalue weighted by atomic mass is 10.0. The number of hydrogen-bond acceptors (Lipinski definition) is 4. The molecule has 0 saturated heterocycles. The minimum absolute atomic E-state index is 0.0101. The van der Waals surface area contributed by atoms with E-state index < -0.39 is 0 Å².